The first-order chi connectivity index (χ1) is 11.1. The molecule has 6 heteroatoms. The largest absolute Gasteiger partial charge is 0.493 e. The molecule has 0 spiro atoms. The highest BCUT2D eigenvalue weighted by Gasteiger charge is 2.22. The summed E-state index contributed by atoms with van der Waals surface area (Å²) in [5.74, 6) is 0.721. The molecule has 1 aromatic rings. The van der Waals surface area contributed by atoms with Crippen molar-refractivity contribution in [1.29, 1.82) is 0 Å². The van der Waals surface area contributed by atoms with Crippen molar-refractivity contribution in [1.82, 2.24) is 10.2 Å². The number of carbonyl (C=O) groups excluding carboxylic acids is 2. The smallest absolute Gasteiger partial charge is 0.248 e. The fourth-order valence-electron chi connectivity index (χ4n) is 2.90. The zero-order chi connectivity index (χ0) is 16.7. The summed E-state index contributed by atoms with van der Waals surface area (Å²) in [6.07, 6.45) is 2.56. The number of carbonyl (C=O) groups is 2. The van der Waals surface area contributed by atoms with Gasteiger partial charge in [0.2, 0.25) is 11.8 Å². The maximum atomic E-state index is 12.3. The Labute approximate surface area is 137 Å². The highest BCUT2D eigenvalue weighted by atomic mass is 16.5. The molecule has 1 aliphatic rings. The lowest BCUT2D eigenvalue weighted by molar-refractivity contribution is -0.133. The maximum absolute atomic E-state index is 12.3. The summed E-state index contributed by atoms with van der Waals surface area (Å²) in [5, 5.41) is 3.18. The standard InChI is InChI=1S/C17H25N3O3/c1-19-11-13-4-3-8-20(12-13)16(21)7-9-23-15-6-2-5-14(10-15)17(18)22/h2,5-6,10,13,19H,3-4,7-9,11-12H2,1H3,(H2,18,22). The molecule has 1 aromatic carbocycles. The van der Waals surface area contributed by atoms with E-state index in [1.54, 1.807) is 24.3 Å². The van der Waals surface area contributed by atoms with Crippen LogP contribution in [0.2, 0.25) is 0 Å². The predicted octanol–water partition coefficient (Wildman–Crippen LogP) is 1.01. The lowest BCUT2D eigenvalue weighted by Gasteiger charge is -2.32. The Bertz CT molecular complexity index is 546. The molecule has 6 nitrogen and oxygen atoms in total. The van der Waals surface area contributed by atoms with E-state index in [9.17, 15) is 9.59 Å². The van der Waals surface area contributed by atoms with Gasteiger partial charge in [-0.05, 0) is 50.6 Å². The first-order valence-corrected chi connectivity index (χ1v) is 8.05. The minimum absolute atomic E-state index is 0.122. The summed E-state index contributed by atoms with van der Waals surface area (Å²) in [6, 6.07) is 6.69. The summed E-state index contributed by atoms with van der Waals surface area (Å²) in [5.41, 5.74) is 5.64. The summed E-state index contributed by atoms with van der Waals surface area (Å²) < 4.78 is 5.57. The van der Waals surface area contributed by atoms with Gasteiger partial charge in [0, 0.05) is 18.7 Å². The molecular weight excluding hydrogens is 294 g/mol. The molecule has 1 atom stereocenters. The van der Waals surface area contributed by atoms with E-state index >= 15 is 0 Å². The molecule has 0 saturated carbocycles. The molecule has 23 heavy (non-hydrogen) atoms. The second-order valence-corrected chi connectivity index (χ2v) is 5.90. The SMILES string of the molecule is CNCC1CCCN(C(=O)CCOc2cccc(C(N)=O)c2)C1. The molecular formula is C17H25N3O3. The molecule has 126 valence electrons. The summed E-state index contributed by atoms with van der Waals surface area (Å²) >= 11 is 0. The molecule has 0 radical (unpaired) electrons. The number of hydrogen-bond donors (Lipinski definition) is 2. The van der Waals surface area contributed by atoms with Crippen molar-refractivity contribution in [3.05, 3.63) is 29.8 Å². The van der Waals surface area contributed by atoms with Gasteiger partial charge >= 0.3 is 0 Å². The zero-order valence-electron chi connectivity index (χ0n) is 13.6. The van der Waals surface area contributed by atoms with Crippen LogP contribution in [0.3, 0.4) is 0 Å². The molecule has 0 aliphatic carbocycles. The minimum Gasteiger partial charge on any atom is -0.493 e. The molecule has 2 rings (SSSR count). The molecule has 0 aromatic heterocycles. The van der Waals surface area contributed by atoms with Crippen LogP contribution in [0.1, 0.15) is 29.6 Å². The van der Waals surface area contributed by atoms with Gasteiger partial charge in [-0.1, -0.05) is 6.07 Å². The van der Waals surface area contributed by atoms with E-state index in [4.69, 9.17) is 10.5 Å². The highest BCUT2D eigenvalue weighted by molar-refractivity contribution is 5.93. The van der Waals surface area contributed by atoms with Gasteiger partial charge in [0.15, 0.2) is 0 Å². The van der Waals surface area contributed by atoms with Gasteiger partial charge in [-0.15, -0.1) is 0 Å². The molecule has 1 fully saturated rings. The molecule has 1 saturated heterocycles. The number of benzene rings is 1. The predicted molar refractivity (Wildman–Crippen MR) is 88.3 cm³/mol. The van der Waals surface area contributed by atoms with Crippen LogP contribution in [-0.4, -0.2) is 50.0 Å². The van der Waals surface area contributed by atoms with Crippen LogP contribution in [0.25, 0.3) is 0 Å². The van der Waals surface area contributed by atoms with Crippen LogP contribution >= 0.6 is 0 Å². The van der Waals surface area contributed by atoms with E-state index < -0.39 is 5.91 Å². The third kappa shape index (κ3) is 5.25. The molecule has 1 heterocycles. The number of primary amides is 1. The Morgan fingerprint density at radius 3 is 3.00 bits per heavy atom. The molecule has 0 bridgehead atoms. The second kappa shape index (κ2) is 8.53. The monoisotopic (exact) mass is 319 g/mol. The lowest BCUT2D eigenvalue weighted by atomic mass is 9.98. The van der Waals surface area contributed by atoms with Crippen LogP contribution in [-0.2, 0) is 4.79 Å². The number of rotatable bonds is 7. The number of nitrogens with one attached hydrogen (secondary N) is 1. The van der Waals surface area contributed by atoms with Crippen molar-refractivity contribution in [2.75, 3.05) is 33.3 Å². The van der Waals surface area contributed by atoms with Crippen molar-refractivity contribution >= 4 is 11.8 Å². The van der Waals surface area contributed by atoms with Crippen LogP contribution in [0, 0.1) is 5.92 Å². The molecule has 1 unspecified atom stereocenters. The van der Waals surface area contributed by atoms with Gasteiger partial charge in [0.05, 0.1) is 13.0 Å². The van der Waals surface area contributed by atoms with E-state index in [1.165, 1.54) is 6.42 Å². The Hall–Kier alpha value is -2.08. The average molecular weight is 319 g/mol. The van der Waals surface area contributed by atoms with Crippen molar-refractivity contribution in [3.8, 4) is 5.75 Å². The van der Waals surface area contributed by atoms with E-state index in [1.807, 2.05) is 11.9 Å². The quantitative estimate of drug-likeness (QED) is 0.785. The Morgan fingerprint density at radius 2 is 2.26 bits per heavy atom. The lowest BCUT2D eigenvalue weighted by Crippen LogP contribution is -2.42. The van der Waals surface area contributed by atoms with Gasteiger partial charge in [-0.3, -0.25) is 9.59 Å². The van der Waals surface area contributed by atoms with Gasteiger partial charge in [-0.25, -0.2) is 0 Å². The van der Waals surface area contributed by atoms with Crippen molar-refractivity contribution in [2.24, 2.45) is 11.7 Å². The number of nitrogens with zero attached hydrogens (tertiary/aromatic N) is 1. The zero-order valence-corrected chi connectivity index (χ0v) is 13.6. The molecule has 3 N–H and O–H groups in total. The van der Waals surface area contributed by atoms with Gasteiger partial charge in [0.25, 0.3) is 0 Å². The van der Waals surface area contributed by atoms with Gasteiger partial charge < -0.3 is 20.7 Å². The van der Waals surface area contributed by atoms with Gasteiger partial charge in [0.1, 0.15) is 5.75 Å². The van der Waals surface area contributed by atoms with Crippen LogP contribution < -0.4 is 15.8 Å². The fourth-order valence-corrected chi connectivity index (χ4v) is 2.90. The number of ether oxygens (including phenoxy) is 1. The number of likely N-dealkylation sites (tertiary alicyclic amines) is 1. The number of piperidine rings is 1. The van der Waals surface area contributed by atoms with E-state index in [2.05, 4.69) is 5.32 Å². The van der Waals surface area contributed by atoms with E-state index in [0.29, 0.717) is 30.3 Å². The number of nitrogens with two attached hydrogens (primary N) is 1. The third-order valence-electron chi connectivity index (χ3n) is 4.07. The Balaban J connectivity index is 1.78. The van der Waals surface area contributed by atoms with E-state index in [-0.39, 0.29) is 5.91 Å². The average Bonchev–Trinajstić information content (AvgIpc) is 2.55. The van der Waals surface area contributed by atoms with Crippen LogP contribution in [0.4, 0.5) is 0 Å². The maximum Gasteiger partial charge on any atom is 0.248 e. The van der Waals surface area contributed by atoms with Gasteiger partial charge in [-0.2, -0.15) is 0 Å². The van der Waals surface area contributed by atoms with Crippen molar-refractivity contribution < 1.29 is 14.3 Å². The summed E-state index contributed by atoms with van der Waals surface area (Å²) in [6.45, 7) is 2.89. The Kier molecular flexibility index (Phi) is 6.40. The topological polar surface area (TPSA) is 84.7 Å². The normalized spacial score (nSPS) is 17.8. The first-order valence-electron chi connectivity index (χ1n) is 8.05. The third-order valence-corrected chi connectivity index (χ3v) is 4.07. The minimum atomic E-state index is -0.490. The number of amides is 2. The fraction of sp³-hybridized carbons (Fsp3) is 0.529. The molecule has 1 aliphatic heterocycles. The van der Waals surface area contributed by atoms with Crippen LogP contribution in [0.5, 0.6) is 5.75 Å². The highest BCUT2D eigenvalue weighted by Crippen LogP contribution is 2.17. The van der Waals surface area contributed by atoms with Crippen molar-refractivity contribution in [3.63, 3.8) is 0 Å². The van der Waals surface area contributed by atoms with Crippen molar-refractivity contribution in [2.45, 2.75) is 19.3 Å². The summed E-state index contributed by atoms with van der Waals surface area (Å²) in [4.78, 5) is 25.3. The molecule has 2 amide bonds. The summed E-state index contributed by atoms with van der Waals surface area (Å²) in [7, 11) is 1.94. The van der Waals surface area contributed by atoms with Crippen LogP contribution in [0.15, 0.2) is 24.3 Å². The first kappa shape index (κ1) is 17.3. The second-order valence-electron chi connectivity index (χ2n) is 5.90. The van der Waals surface area contributed by atoms with E-state index in [0.717, 1.165) is 26.1 Å². The number of hydrogen-bond acceptors (Lipinski definition) is 4. The Morgan fingerprint density at radius 1 is 1.43 bits per heavy atom.